The van der Waals surface area contributed by atoms with Crippen LogP contribution in [0.15, 0.2) is 30.5 Å². The van der Waals surface area contributed by atoms with Gasteiger partial charge in [0.15, 0.2) is 0 Å². The molecule has 2 aliphatic rings. The quantitative estimate of drug-likeness (QED) is 0.901. The van der Waals surface area contributed by atoms with E-state index in [9.17, 15) is 9.90 Å². The number of aromatic nitrogens is 1. The van der Waals surface area contributed by atoms with Crippen LogP contribution < -0.4 is 0 Å². The Labute approximate surface area is 160 Å². The molecule has 1 amide bonds. The summed E-state index contributed by atoms with van der Waals surface area (Å²) in [4.78, 5) is 16.6. The molecule has 27 heavy (non-hydrogen) atoms. The van der Waals surface area contributed by atoms with Gasteiger partial charge in [0.1, 0.15) is 5.60 Å². The average Bonchev–Trinajstić information content (AvgIpc) is 3.25. The zero-order valence-corrected chi connectivity index (χ0v) is 16.4. The number of ether oxygens (including phenoxy) is 1. The van der Waals surface area contributed by atoms with Crippen LogP contribution in [0, 0.1) is 11.8 Å². The summed E-state index contributed by atoms with van der Waals surface area (Å²) >= 11 is 0. The second-order valence-electron chi connectivity index (χ2n) is 8.87. The molecule has 2 atom stereocenters. The lowest BCUT2D eigenvalue weighted by Gasteiger charge is -2.26. The van der Waals surface area contributed by atoms with Crippen molar-refractivity contribution in [1.82, 2.24) is 14.2 Å². The molecule has 6 nitrogen and oxygen atoms in total. The first-order chi connectivity index (χ1) is 12.8. The van der Waals surface area contributed by atoms with Gasteiger partial charge < -0.3 is 19.1 Å². The molecule has 2 aliphatic heterocycles. The summed E-state index contributed by atoms with van der Waals surface area (Å²) in [7, 11) is 0. The number of likely N-dealkylation sites (tertiary alicyclic amines) is 2. The van der Waals surface area contributed by atoms with Gasteiger partial charge in [0.25, 0.3) is 0 Å². The van der Waals surface area contributed by atoms with Crippen LogP contribution in [0.4, 0.5) is 4.79 Å². The van der Waals surface area contributed by atoms with Crippen molar-refractivity contribution in [2.24, 2.45) is 11.8 Å². The SMILES string of the molecule is CC(C)(C)OC(=O)N1C[C@H]2CN(Cc3c(CO)cc4ccccn34)C[C@H]2C1. The number of rotatable bonds is 3. The Balaban J connectivity index is 1.41. The molecule has 0 radical (unpaired) electrons. The number of amides is 1. The highest BCUT2D eigenvalue weighted by molar-refractivity contribution is 5.68. The van der Waals surface area contributed by atoms with Crippen LogP contribution in [-0.4, -0.2) is 57.2 Å². The Morgan fingerprint density at radius 2 is 1.89 bits per heavy atom. The van der Waals surface area contributed by atoms with E-state index in [1.807, 2.05) is 37.8 Å². The van der Waals surface area contributed by atoms with Crippen molar-refractivity contribution < 1.29 is 14.6 Å². The summed E-state index contributed by atoms with van der Waals surface area (Å²) < 4.78 is 7.69. The third kappa shape index (κ3) is 3.69. The average molecular weight is 371 g/mol. The van der Waals surface area contributed by atoms with E-state index < -0.39 is 5.60 Å². The van der Waals surface area contributed by atoms with Crippen molar-refractivity contribution in [3.05, 3.63) is 41.7 Å². The van der Waals surface area contributed by atoms with E-state index in [0.717, 1.165) is 49.5 Å². The Kier molecular flexibility index (Phi) is 4.64. The molecule has 2 fully saturated rings. The van der Waals surface area contributed by atoms with Crippen molar-refractivity contribution in [2.45, 2.75) is 39.5 Å². The molecule has 4 heterocycles. The molecular formula is C21H29N3O3. The van der Waals surface area contributed by atoms with Crippen LogP contribution in [0.25, 0.3) is 5.52 Å². The van der Waals surface area contributed by atoms with E-state index in [1.165, 1.54) is 0 Å². The maximum absolute atomic E-state index is 12.3. The largest absolute Gasteiger partial charge is 0.444 e. The van der Waals surface area contributed by atoms with Gasteiger partial charge in [-0.2, -0.15) is 0 Å². The summed E-state index contributed by atoms with van der Waals surface area (Å²) in [5.41, 5.74) is 2.83. The van der Waals surface area contributed by atoms with Crippen LogP contribution in [0.3, 0.4) is 0 Å². The fraction of sp³-hybridized carbons (Fsp3) is 0.571. The molecule has 2 aromatic heterocycles. The van der Waals surface area contributed by atoms with Crippen molar-refractivity contribution in [3.8, 4) is 0 Å². The van der Waals surface area contributed by atoms with Crippen molar-refractivity contribution in [3.63, 3.8) is 0 Å². The molecule has 146 valence electrons. The lowest BCUT2D eigenvalue weighted by atomic mass is 10.0. The Morgan fingerprint density at radius 3 is 2.52 bits per heavy atom. The maximum Gasteiger partial charge on any atom is 0.410 e. The van der Waals surface area contributed by atoms with Gasteiger partial charge in [0.2, 0.25) is 0 Å². The van der Waals surface area contributed by atoms with Gasteiger partial charge in [-0.25, -0.2) is 4.79 Å². The van der Waals surface area contributed by atoms with E-state index in [1.54, 1.807) is 0 Å². The number of carbonyl (C=O) groups excluding carboxylic acids is 1. The maximum atomic E-state index is 12.3. The number of nitrogens with zero attached hydrogens (tertiary/aromatic N) is 3. The minimum atomic E-state index is -0.447. The predicted octanol–water partition coefficient (Wildman–Crippen LogP) is 2.73. The highest BCUT2D eigenvalue weighted by Crippen LogP contribution is 2.33. The van der Waals surface area contributed by atoms with E-state index in [0.29, 0.717) is 11.8 Å². The zero-order valence-electron chi connectivity index (χ0n) is 16.4. The molecule has 2 aromatic rings. The molecule has 0 unspecified atom stereocenters. The van der Waals surface area contributed by atoms with Gasteiger partial charge in [-0.3, -0.25) is 4.90 Å². The molecule has 0 spiro atoms. The first-order valence-corrected chi connectivity index (χ1v) is 9.73. The Hall–Kier alpha value is -2.05. The molecule has 2 saturated heterocycles. The first-order valence-electron chi connectivity index (χ1n) is 9.73. The third-order valence-electron chi connectivity index (χ3n) is 5.63. The normalized spacial score (nSPS) is 23.2. The molecule has 4 rings (SSSR count). The molecule has 1 N–H and O–H groups in total. The number of pyridine rings is 1. The van der Waals surface area contributed by atoms with Gasteiger partial charge in [-0.1, -0.05) is 6.07 Å². The minimum absolute atomic E-state index is 0.0597. The highest BCUT2D eigenvalue weighted by atomic mass is 16.6. The van der Waals surface area contributed by atoms with Crippen LogP contribution in [-0.2, 0) is 17.9 Å². The summed E-state index contributed by atoms with van der Waals surface area (Å²) in [6, 6.07) is 8.18. The van der Waals surface area contributed by atoms with E-state index >= 15 is 0 Å². The van der Waals surface area contributed by atoms with Crippen LogP contribution in [0.1, 0.15) is 32.0 Å². The number of fused-ring (bicyclic) bond motifs is 2. The van der Waals surface area contributed by atoms with Crippen molar-refractivity contribution in [1.29, 1.82) is 0 Å². The number of carbonyl (C=O) groups is 1. The lowest BCUT2D eigenvalue weighted by Crippen LogP contribution is -2.37. The molecule has 0 bridgehead atoms. The number of aliphatic hydroxyl groups is 1. The van der Waals surface area contributed by atoms with Crippen molar-refractivity contribution in [2.75, 3.05) is 26.2 Å². The summed E-state index contributed by atoms with van der Waals surface area (Å²) in [6.07, 6.45) is 1.87. The first kappa shape index (κ1) is 18.3. The van der Waals surface area contributed by atoms with E-state index in [2.05, 4.69) is 27.6 Å². The lowest BCUT2D eigenvalue weighted by molar-refractivity contribution is 0.0274. The standard InChI is InChI=1S/C21H29N3O3/c1-21(2,3)27-20(26)23-11-16-9-22(10-17(16)12-23)13-19-15(14-25)8-18-6-4-5-7-24(18)19/h4-8,16-17,25H,9-14H2,1-3H3/t16-,17+. The smallest absolute Gasteiger partial charge is 0.410 e. The minimum Gasteiger partial charge on any atom is -0.444 e. The van der Waals surface area contributed by atoms with Crippen LogP contribution in [0.5, 0.6) is 0 Å². The summed E-state index contributed by atoms with van der Waals surface area (Å²) in [5, 5.41) is 9.75. The van der Waals surface area contributed by atoms with Gasteiger partial charge in [0, 0.05) is 55.7 Å². The monoisotopic (exact) mass is 371 g/mol. The second-order valence-corrected chi connectivity index (χ2v) is 8.87. The molecule has 6 heteroatoms. The van der Waals surface area contributed by atoms with Crippen LogP contribution in [0.2, 0.25) is 0 Å². The molecular weight excluding hydrogens is 342 g/mol. The van der Waals surface area contributed by atoms with Gasteiger partial charge in [-0.05, 0) is 50.8 Å². The zero-order chi connectivity index (χ0) is 19.2. The van der Waals surface area contributed by atoms with Gasteiger partial charge in [-0.15, -0.1) is 0 Å². The fourth-order valence-electron chi connectivity index (χ4n) is 4.46. The molecule has 0 saturated carbocycles. The molecule has 0 aliphatic carbocycles. The molecule has 0 aromatic carbocycles. The Bertz CT molecular complexity index is 825. The summed E-state index contributed by atoms with van der Waals surface area (Å²) in [6.45, 7) is 10.1. The predicted molar refractivity (Wildman–Crippen MR) is 103 cm³/mol. The fourth-order valence-corrected chi connectivity index (χ4v) is 4.46. The Morgan fingerprint density at radius 1 is 1.19 bits per heavy atom. The summed E-state index contributed by atoms with van der Waals surface area (Å²) in [5.74, 6) is 1.00. The van der Waals surface area contributed by atoms with Gasteiger partial charge >= 0.3 is 6.09 Å². The third-order valence-corrected chi connectivity index (χ3v) is 5.63. The van der Waals surface area contributed by atoms with Gasteiger partial charge in [0.05, 0.1) is 6.61 Å². The second kappa shape index (κ2) is 6.84. The van der Waals surface area contributed by atoms with E-state index in [-0.39, 0.29) is 12.7 Å². The number of aliphatic hydroxyl groups excluding tert-OH is 1. The van der Waals surface area contributed by atoms with Crippen LogP contribution >= 0.6 is 0 Å². The van der Waals surface area contributed by atoms with E-state index in [4.69, 9.17) is 4.74 Å². The van der Waals surface area contributed by atoms with Crippen molar-refractivity contribution >= 4 is 11.6 Å². The number of hydrogen-bond acceptors (Lipinski definition) is 4. The number of hydrogen-bond donors (Lipinski definition) is 1. The topological polar surface area (TPSA) is 57.4 Å². The highest BCUT2D eigenvalue weighted by Gasteiger charge is 2.42.